The maximum Gasteiger partial charge on any atom is 0.414 e. The first-order chi connectivity index (χ1) is 37.7. The van der Waals surface area contributed by atoms with Crippen molar-refractivity contribution in [2.45, 2.75) is 83.4 Å². The van der Waals surface area contributed by atoms with Crippen molar-refractivity contribution in [2.24, 2.45) is 17.8 Å². The van der Waals surface area contributed by atoms with Gasteiger partial charge in [-0.15, -0.1) is 0 Å². The van der Waals surface area contributed by atoms with E-state index >= 15 is 0 Å². The van der Waals surface area contributed by atoms with Crippen molar-refractivity contribution in [3.05, 3.63) is 198 Å². The third-order valence-corrected chi connectivity index (χ3v) is 16.3. The Morgan fingerprint density at radius 2 is 0.675 bits per heavy atom. The van der Waals surface area contributed by atoms with Crippen LogP contribution < -0.4 is 14.7 Å². The number of carbonyl (C=O) groups is 3. The van der Waals surface area contributed by atoms with E-state index in [4.69, 9.17) is 14.2 Å². The second-order valence-corrected chi connectivity index (χ2v) is 21.5. The standard InChI is InChI=1S/C22H26N2O2.C21H23FN2O2.C21H24N2O2/c1-17-7-9-20(10-8-17)24(15-18-5-3-2-4-6-18)22(25)26-21-16-23-13-11-19(21)12-14-23;22-18-6-8-19(9-7-18)24(14-16-4-2-1-3-5-16)21(25)26-20-15-23-12-10-17(20)11-13-23;24-21(25-20-16-22-13-11-18(20)12-14-22)23(19-9-5-2-6-10-19)15-17-7-3-1-4-8-17/h2-10,19,21H,11-16H2,1H3;1-9,17,20H,10-15H2;1-10,18,20H,11-16H2/t21-;2*20-/m000/s1. The molecule has 0 spiro atoms. The Kier molecular flexibility index (Phi) is 17.9. The van der Waals surface area contributed by atoms with E-state index in [1.165, 1.54) is 17.7 Å². The van der Waals surface area contributed by atoms with Crippen molar-refractivity contribution in [1.29, 1.82) is 0 Å². The number of ether oxygens (including phenoxy) is 3. The molecule has 0 unspecified atom stereocenters. The first-order valence-electron chi connectivity index (χ1n) is 27.8. The van der Waals surface area contributed by atoms with Crippen LogP contribution in [0.3, 0.4) is 0 Å². The minimum absolute atomic E-state index is 0.0220. The van der Waals surface area contributed by atoms with Crippen LogP contribution in [0.2, 0.25) is 0 Å². The highest BCUT2D eigenvalue weighted by molar-refractivity contribution is 5.89. The van der Waals surface area contributed by atoms with E-state index in [1.54, 1.807) is 26.8 Å². The van der Waals surface area contributed by atoms with Crippen LogP contribution in [-0.4, -0.2) is 110 Å². The van der Waals surface area contributed by atoms with Gasteiger partial charge in [0.05, 0.1) is 19.6 Å². The summed E-state index contributed by atoms with van der Waals surface area (Å²) in [5.41, 5.74) is 6.77. The summed E-state index contributed by atoms with van der Waals surface area (Å²) >= 11 is 0. The number of halogens is 1. The topological polar surface area (TPSA) is 98.3 Å². The first kappa shape index (κ1) is 53.3. The average molecular weight is 1040 g/mol. The zero-order valence-electron chi connectivity index (χ0n) is 44.4. The minimum atomic E-state index is -0.362. The predicted octanol–water partition coefficient (Wildman–Crippen LogP) is 12.2. The zero-order chi connectivity index (χ0) is 52.9. The number of rotatable bonds is 12. The average Bonchev–Trinajstić information content (AvgIpc) is 3.49. The van der Waals surface area contributed by atoms with E-state index in [9.17, 15) is 18.8 Å². The van der Waals surface area contributed by atoms with E-state index in [1.807, 2.05) is 146 Å². The fraction of sp³-hybridized carbons (Fsp3) is 0.391. The monoisotopic (exact) mass is 1040 g/mol. The normalized spacial score (nSPS) is 24.4. The molecule has 6 aromatic rings. The van der Waals surface area contributed by atoms with Gasteiger partial charge in [-0.1, -0.05) is 127 Å². The molecule has 0 radical (unpaired) electrons. The Balaban J connectivity index is 0.000000131. The molecule has 13 heteroatoms. The molecular formula is C64H73FN6O6. The van der Waals surface area contributed by atoms with Crippen LogP contribution in [0.15, 0.2) is 170 Å². The lowest BCUT2D eigenvalue weighted by Crippen LogP contribution is -2.53. The number of anilines is 3. The van der Waals surface area contributed by atoms with E-state index < -0.39 is 0 Å². The summed E-state index contributed by atoms with van der Waals surface area (Å²) in [7, 11) is 0. The van der Waals surface area contributed by atoms with E-state index in [0.29, 0.717) is 43.1 Å². The second-order valence-electron chi connectivity index (χ2n) is 21.5. The van der Waals surface area contributed by atoms with Gasteiger partial charge < -0.3 is 14.2 Å². The summed E-state index contributed by atoms with van der Waals surface area (Å²) in [5, 5.41) is 0. The van der Waals surface area contributed by atoms with Gasteiger partial charge in [-0.25, -0.2) is 18.8 Å². The number of amides is 3. The lowest BCUT2D eigenvalue weighted by atomic mass is 9.86. The number of aryl methyl sites for hydroxylation is 1. The van der Waals surface area contributed by atoms with Gasteiger partial charge in [0, 0.05) is 36.7 Å². The van der Waals surface area contributed by atoms with E-state index in [-0.39, 0.29) is 42.4 Å². The molecule has 0 N–H and O–H groups in total. The third-order valence-electron chi connectivity index (χ3n) is 16.3. The van der Waals surface area contributed by atoms with Gasteiger partial charge in [0.1, 0.15) is 24.1 Å². The molecule has 402 valence electrons. The van der Waals surface area contributed by atoms with Crippen LogP contribution in [0.1, 0.15) is 60.8 Å². The van der Waals surface area contributed by atoms with Crippen LogP contribution in [0, 0.1) is 30.5 Å². The van der Waals surface area contributed by atoms with Crippen LogP contribution in [0.25, 0.3) is 0 Å². The lowest BCUT2D eigenvalue weighted by molar-refractivity contribution is -0.0313. The van der Waals surface area contributed by atoms with E-state index in [0.717, 1.165) is 125 Å². The van der Waals surface area contributed by atoms with Crippen molar-refractivity contribution in [3.8, 4) is 0 Å². The van der Waals surface area contributed by atoms with Crippen LogP contribution in [0.4, 0.5) is 35.8 Å². The summed E-state index contributed by atoms with van der Waals surface area (Å²) in [6, 6.07) is 53.7. The number of para-hydroxylation sites is 1. The SMILES string of the molecule is Cc1ccc(N(Cc2ccccc2)C(=O)O[C@H]2CN3CCC2CC3)cc1.O=C(O[C@H]1CN2CCC1CC2)N(Cc1ccccc1)c1ccc(F)cc1.O=C(O[C@H]1CN2CCC1CC2)N(Cc1ccccc1)c1ccccc1. The molecule has 9 saturated heterocycles. The number of fused-ring (bicyclic) bond motifs is 9. The van der Waals surface area contributed by atoms with Gasteiger partial charge in [-0.3, -0.25) is 29.4 Å². The Morgan fingerprint density at radius 3 is 0.961 bits per heavy atom. The molecule has 0 aromatic heterocycles. The Labute approximate surface area is 453 Å². The van der Waals surface area contributed by atoms with Crippen LogP contribution in [-0.2, 0) is 33.8 Å². The molecule has 3 amide bonds. The van der Waals surface area contributed by atoms with Crippen LogP contribution >= 0.6 is 0 Å². The number of hydrogen-bond donors (Lipinski definition) is 0. The number of nitrogens with zero attached hydrogens (tertiary/aromatic N) is 6. The Morgan fingerprint density at radius 1 is 0.403 bits per heavy atom. The molecule has 9 aliphatic rings. The molecule has 9 fully saturated rings. The smallest absolute Gasteiger partial charge is 0.414 e. The lowest BCUT2D eigenvalue weighted by Gasteiger charge is -2.44. The molecule has 9 heterocycles. The first-order valence-corrected chi connectivity index (χ1v) is 27.8. The Bertz CT molecular complexity index is 2660. The van der Waals surface area contributed by atoms with Crippen molar-refractivity contribution < 1.29 is 33.0 Å². The Hall–Kier alpha value is -7.06. The molecule has 77 heavy (non-hydrogen) atoms. The van der Waals surface area contributed by atoms with Crippen molar-refractivity contribution in [3.63, 3.8) is 0 Å². The highest BCUT2D eigenvalue weighted by Gasteiger charge is 2.40. The summed E-state index contributed by atoms with van der Waals surface area (Å²) in [6.07, 6.45) is 5.89. The molecule has 3 atom stereocenters. The number of hydrogen-bond acceptors (Lipinski definition) is 9. The summed E-state index contributed by atoms with van der Waals surface area (Å²) in [6.45, 7) is 12.8. The van der Waals surface area contributed by atoms with Gasteiger partial charge in [-0.05, 0) is 168 Å². The fourth-order valence-corrected chi connectivity index (χ4v) is 11.7. The molecule has 6 bridgehead atoms. The fourth-order valence-electron chi connectivity index (χ4n) is 11.7. The van der Waals surface area contributed by atoms with Crippen molar-refractivity contribution in [1.82, 2.24) is 14.7 Å². The largest absolute Gasteiger partial charge is 0.444 e. The number of piperidine rings is 9. The molecule has 0 saturated carbocycles. The van der Waals surface area contributed by atoms with Gasteiger partial charge in [0.25, 0.3) is 0 Å². The number of carbonyl (C=O) groups excluding carboxylic acids is 3. The van der Waals surface area contributed by atoms with Crippen molar-refractivity contribution in [2.75, 3.05) is 73.6 Å². The van der Waals surface area contributed by atoms with Crippen molar-refractivity contribution >= 4 is 35.3 Å². The maximum atomic E-state index is 13.3. The predicted molar refractivity (Wildman–Crippen MR) is 300 cm³/mol. The van der Waals surface area contributed by atoms with Gasteiger partial charge in [0.15, 0.2) is 0 Å². The van der Waals surface area contributed by atoms with Gasteiger partial charge >= 0.3 is 18.3 Å². The summed E-state index contributed by atoms with van der Waals surface area (Å²) in [5.74, 6) is 1.17. The molecule has 9 aliphatic heterocycles. The molecule has 12 nitrogen and oxygen atoms in total. The maximum absolute atomic E-state index is 13.3. The zero-order valence-corrected chi connectivity index (χ0v) is 44.4. The molecule has 15 rings (SSSR count). The van der Waals surface area contributed by atoms with Gasteiger partial charge in [-0.2, -0.15) is 0 Å². The molecule has 6 aromatic carbocycles. The minimum Gasteiger partial charge on any atom is -0.444 e. The van der Waals surface area contributed by atoms with Crippen LogP contribution in [0.5, 0.6) is 0 Å². The second kappa shape index (κ2) is 25.9. The quantitative estimate of drug-likeness (QED) is 0.111. The highest BCUT2D eigenvalue weighted by Crippen LogP contribution is 2.34. The number of benzene rings is 6. The summed E-state index contributed by atoms with van der Waals surface area (Å²) in [4.78, 5) is 51.3. The van der Waals surface area contributed by atoms with Gasteiger partial charge in [0.2, 0.25) is 0 Å². The molecular weight excluding hydrogens is 968 g/mol. The summed E-state index contributed by atoms with van der Waals surface area (Å²) < 4.78 is 31.2. The van der Waals surface area contributed by atoms with E-state index in [2.05, 4.69) is 21.6 Å². The highest BCUT2D eigenvalue weighted by atomic mass is 19.1. The third kappa shape index (κ3) is 14.3. The molecule has 0 aliphatic carbocycles.